The van der Waals surface area contributed by atoms with E-state index in [1.165, 1.54) is 56.9 Å². The van der Waals surface area contributed by atoms with E-state index in [9.17, 15) is 0 Å². The Hall–Kier alpha value is -3.40. The van der Waals surface area contributed by atoms with Crippen LogP contribution < -0.4 is 0 Å². The summed E-state index contributed by atoms with van der Waals surface area (Å²) in [6.07, 6.45) is 27.0. The lowest BCUT2D eigenvalue weighted by Crippen LogP contribution is -1.85. The summed E-state index contributed by atoms with van der Waals surface area (Å²) < 4.78 is 5.36. The van der Waals surface area contributed by atoms with Gasteiger partial charge < -0.3 is 9.40 Å². The Morgan fingerprint density at radius 3 is 2.38 bits per heavy atom. The Labute approximate surface area is 237 Å². The maximum absolute atomic E-state index is 5.36. The second-order valence-electron chi connectivity index (χ2n) is 9.71. The Morgan fingerprint density at radius 1 is 1.05 bits per heavy atom. The third kappa shape index (κ3) is 14.4. The first-order chi connectivity index (χ1) is 18.9. The second kappa shape index (κ2) is 20.5. The predicted octanol–water partition coefficient (Wildman–Crippen LogP) is 11.2. The summed E-state index contributed by atoms with van der Waals surface area (Å²) >= 11 is 0. The SMILES string of the molecule is C=C/C=C(C)\C=C/C.CCCC.CCCCCC1=CCCC=C1.Cc1coc(-c2ccc3nc(C)[nH]c3c2)n1. The fourth-order valence-corrected chi connectivity index (χ4v) is 3.69. The maximum Gasteiger partial charge on any atom is 0.226 e. The Balaban J connectivity index is 0.000000290. The van der Waals surface area contributed by atoms with E-state index >= 15 is 0 Å². The molecule has 0 amide bonds. The van der Waals surface area contributed by atoms with Gasteiger partial charge in [0, 0.05) is 5.56 Å². The molecule has 39 heavy (non-hydrogen) atoms. The monoisotopic (exact) mass is 529 g/mol. The fraction of sp³-hybridized carbons (Fsp3) is 0.429. The van der Waals surface area contributed by atoms with Crippen LogP contribution in [-0.4, -0.2) is 15.0 Å². The number of aromatic amines is 1. The maximum atomic E-state index is 5.36. The van der Waals surface area contributed by atoms with Gasteiger partial charge in [-0.25, -0.2) is 9.97 Å². The van der Waals surface area contributed by atoms with Crippen LogP contribution in [0, 0.1) is 13.8 Å². The second-order valence-corrected chi connectivity index (χ2v) is 9.71. The molecule has 0 spiro atoms. The first-order valence-corrected chi connectivity index (χ1v) is 14.5. The highest BCUT2D eigenvalue weighted by molar-refractivity contribution is 5.80. The van der Waals surface area contributed by atoms with Gasteiger partial charge in [-0.2, -0.15) is 0 Å². The first kappa shape index (κ1) is 33.6. The number of H-pyrrole nitrogens is 1. The minimum atomic E-state index is 0.645. The number of hydrogen-bond donors (Lipinski definition) is 1. The smallest absolute Gasteiger partial charge is 0.226 e. The number of fused-ring (bicyclic) bond motifs is 1. The largest absolute Gasteiger partial charge is 0.444 e. The molecular weight excluding hydrogens is 478 g/mol. The summed E-state index contributed by atoms with van der Waals surface area (Å²) in [5, 5.41) is 0. The number of rotatable bonds is 8. The van der Waals surface area contributed by atoms with Gasteiger partial charge >= 0.3 is 0 Å². The fourth-order valence-electron chi connectivity index (χ4n) is 3.69. The van der Waals surface area contributed by atoms with Crippen molar-refractivity contribution in [3.63, 3.8) is 0 Å². The van der Waals surface area contributed by atoms with Crippen molar-refractivity contribution >= 4 is 11.0 Å². The summed E-state index contributed by atoms with van der Waals surface area (Å²) in [5.74, 6) is 1.56. The van der Waals surface area contributed by atoms with Crippen molar-refractivity contribution in [3.8, 4) is 11.5 Å². The van der Waals surface area contributed by atoms with Gasteiger partial charge in [-0.1, -0.05) is 107 Å². The molecular formula is C35H51N3O. The topological polar surface area (TPSA) is 54.7 Å². The molecule has 1 N–H and O–H groups in total. The number of nitrogens with one attached hydrogen (secondary N) is 1. The number of aryl methyl sites for hydroxylation is 2. The van der Waals surface area contributed by atoms with Crippen molar-refractivity contribution in [2.75, 3.05) is 0 Å². The third-order valence-corrected chi connectivity index (χ3v) is 5.92. The van der Waals surface area contributed by atoms with Crippen molar-refractivity contribution in [2.24, 2.45) is 0 Å². The summed E-state index contributed by atoms with van der Waals surface area (Å²) in [7, 11) is 0. The van der Waals surface area contributed by atoms with E-state index in [4.69, 9.17) is 4.42 Å². The Bertz CT molecular complexity index is 1200. The summed E-state index contributed by atoms with van der Waals surface area (Å²) in [4.78, 5) is 11.8. The van der Waals surface area contributed by atoms with Crippen molar-refractivity contribution in [2.45, 2.75) is 99.8 Å². The van der Waals surface area contributed by atoms with E-state index < -0.39 is 0 Å². The minimum absolute atomic E-state index is 0.645. The van der Waals surface area contributed by atoms with Crippen molar-refractivity contribution in [3.05, 3.63) is 96.2 Å². The third-order valence-electron chi connectivity index (χ3n) is 5.92. The molecule has 0 saturated carbocycles. The van der Waals surface area contributed by atoms with E-state index in [0.29, 0.717) is 5.89 Å². The van der Waals surface area contributed by atoms with Gasteiger partial charge in [0.2, 0.25) is 5.89 Å². The lowest BCUT2D eigenvalue weighted by Gasteiger charge is -2.05. The lowest BCUT2D eigenvalue weighted by molar-refractivity contribution is 0.573. The zero-order valence-corrected chi connectivity index (χ0v) is 25.5. The van der Waals surface area contributed by atoms with Gasteiger partial charge in [0.05, 0.1) is 16.7 Å². The highest BCUT2D eigenvalue weighted by atomic mass is 16.3. The van der Waals surface area contributed by atoms with Crippen LogP contribution in [-0.2, 0) is 0 Å². The average Bonchev–Trinajstić information content (AvgIpc) is 3.54. The van der Waals surface area contributed by atoms with Gasteiger partial charge in [0.15, 0.2) is 0 Å². The highest BCUT2D eigenvalue weighted by Gasteiger charge is 2.07. The molecule has 3 aromatic rings. The number of benzene rings is 1. The van der Waals surface area contributed by atoms with Gasteiger partial charge in [0.1, 0.15) is 12.1 Å². The Morgan fingerprint density at radius 2 is 1.82 bits per heavy atom. The molecule has 0 unspecified atom stereocenters. The van der Waals surface area contributed by atoms with Crippen LogP contribution in [0.3, 0.4) is 0 Å². The summed E-state index contributed by atoms with van der Waals surface area (Å²) in [6, 6.07) is 5.93. The van der Waals surface area contributed by atoms with Crippen LogP contribution in [0.4, 0.5) is 0 Å². The molecule has 0 saturated heterocycles. The number of aromatic nitrogens is 3. The van der Waals surface area contributed by atoms with Crippen molar-refractivity contribution < 1.29 is 4.42 Å². The molecule has 212 valence electrons. The molecule has 2 heterocycles. The number of allylic oxidation sites excluding steroid dienone is 9. The van der Waals surface area contributed by atoms with Crippen LogP contribution >= 0.6 is 0 Å². The van der Waals surface area contributed by atoms with E-state index in [0.717, 1.165) is 28.1 Å². The highest BCUT2D eigenvalue weighted by Crippen LogP contribution is 2.22. The molecule has 0 bridgehead atoms. The van der Waals surface area contributed by atoms with Crippen LogP contribution in [0.1, 0.15) is 97.5 Å². The van der Waals surface area contributed by atoms with Gasteiger partial charge in [-0.05, 0) is 71.6 Å². The average molecular weight is 530 g/mol. The summed E-state index contributed by atoms with van der Waals surface area (Å²) in [5.41, 5.74) is 6.61. The molecule has 0 fully saturated rings. The zero-order chi connectivity index (χ0) is 28.9. The molecule has 0 atom stereocenters. The number of nitrogens with zero attached hydrogens (tertiary/aromatic N) is 2. The number of hydrogen-bond acceptors (Lipinski definition) is 3. The predicted molar refractivity (Wildman–Crippen MR) is 171 cm³/mol. The molecule has 4 nitrogen and oxygen atoms in total. The number of oxazole rings is 1. The molecule has 0 radical (unpaired) electrons. The molecule has 4 rings (SSSR count). The van der Waals surface area contributed by atoms with E-state index in [2.05, 4.69) is 60.5 Å². The van der Waals surface area contributed by atoms with Crippen molar-refractivity contribution in [1.82, 2.24) is 15.0 Å². The van der Waals surface area contributed by atoms with Crippen LogP contribution in [0.5, 0.6) is 0 Å². The van der Waals surface area contributed by atoms with Gasteiger partial charge in [0.25, 0.3) is 0 Å². The lowest BCUT2D eigenvalue weighted by atomic mass is 10.0. The van der Waals surface area contributed by atoms with E-state index in [-0.39, 0.29) is 0 Å². The number of unbranched alkanes of at least 4 members (excludes halogenated alkanes) is 3. The van der Waals surface area contributed by atoms with Crippen LogP contribution in [0.25, 0.3) is 22.5 Å². The van der Waals surface area contributed by atoms with Crippen LogP contribution in [0.2, 0.25) is 0 Å². The molecule has 0 aliphatic heterocycles. The van der Waals surface area contributed by atoms with Crippen molar-refractivity contribution in [1.29, 1.82) is 0 Å². The number of imidazole rings is 1. The molecule has 4 heteroatoms. The molecule has 1 aromatic carbocycles. The quantitative estimate of drug-likeness (QED) is 0.233. The summed E-state index contributed by atoms with van der Waals surface area (Å²) in [6.45, 7) is 18.1. The Kier molecular flexibility index (Phi) is 17.7. The van der Waals surface area contributed by atoms with E-state index in [1.807, 2.05) is 64.1 Å². The molecule has 1 aliphatic rings. The van der Waals surface area contributed by atoms with Gasteiger partial charge in [-0.15, -0.1) is 0 Å². The normalized spacial score (nSPS) is 12.6. The zero-order valence-electron chi connectivity index (χ0n) is 25.5. The standard InChI is InChI=1S/C12H11N3O.C11H18.C8H12.C4H10/c1-7-6-16-12(13-7)9-3-4-10-11(5-9)15-8(2)14-10;1-2-3-5-8-11-9-6-4-7-10-11;1-4-6-8(3)7-5-2;1-3-4-2/h3-6H,1-2H3,(H,14,15);6,9-10H,2-5,7-8H2,1H3;4-7H,1H2,2-3H3;3-4H2,1-2H3/b;;7-5-,8-6-;. The van der Waals surface area contributed by atoms with E-state index in [1.54, 1.807) is 17.9 Å². The van der Waals surface area contributed by atoms with Crippen LogP contribution in [0.15, 0.2) is 89.1 Å². The minimum Gasteiger partial charge on any atom is -0.444 e. The molecule has 2 aromatic heterocycles. The molecule has 1 aliphatic carbocycles. The van der Waals surface area contributed by atoms with Gasteiger partial charge in [-0.3, -0.25) is 0 Å². The first-order valence-electron chi connectivity index (χ1n) is 14.5.